The largest absolute Gasteiger partial charge is 0.481 e. The molecule has 0 aliphatic carbocycles. The minimum absolute atomic E-state index is 0.0367. The van der Waals surface area contributed by atoms with E-state index < -0.39 is 0 Å². The Morgan fingerprint density at radius 1 is 1.07 bits per heavy atom. The SMILES string of the molecule is COc1cc(C(=O)N2CCC(c3cc(N4CCCC4)ncn3)CC2)ccn1. The molecular formula is C20H25N5O2. The summed E-state index contributed by atoms with van der Waals surface area (Å²) in [6.45, 7) is 3.63. The van der Waals surface area contributed by atoms with Crippen molar-refractivity contribution in [1.29, 1.82) is 0 Å². The van der Waals surface area contributed by atoms with Gasteiger partial charge in [0.15, 0.2) is 0 Å². The molecule has 0 unspecified atom stereocenters. The molecule has 2 aliphatic heterocycles. The van der Waals surface area contributed by atoms with Gasteiger partial charge in [-0.15, -0.1) is 0 Å². The summed E-state index contributed by atoms with van der Waals surface area (Å²) in [6.07, 6.45) is 7.61. The molecule has 0 spiro atoms. The van der Waals surface area contributed by atoms with Crippen LogP contribution in [0, 0.1) is 0 Å². The van der Waals surface area contributed by atoms with Gasteiger partial charge >= 0.3 is 0 Å². The van der Waals surface area contributed by atoms with Gasteiger partial charge in [-0.1, -0.05) is 0 Å². The molecule has 7 heteroatoms. The molecule has 0 atom stereocenters. The maximum Gasteiger partial charge on any atom is 0.254 e. The van der Waals surface area contributed by atoms with Gasteiger partial charge < -0.3 is 14.5 Å². The predicted octanol–water partition coefficient (Wildman–Crippen LogP) is 2.50. The van der Waals surface area contributed by atoms with Crippen LogP contribution in [0.4, 0.5) is 5.82 Å². The molecule has 4 heterocycles. The average molecular weight is 367 g/mol. The summed E-state index contributed by atoms with van der Waals surface area (Å²) in [5, 5.41) is 0. The Bertz CT molecular complexity index is 798. The van der Waals surface area contributed by atoms with E-state index in [0.29, 0.717) is 17.4 Å². The molecular weight excluding hydrogens is 342 g/mol. The van der Waals surface area contributed by atoms with E-state index in [1.165, 1.54) is 12.8 Å². The van der Waals surface area contributed by atoms with Crippen molar-refractivity contribution in [2.24, 2.45) is 0 Å². The number of nitrogens with zero attached hydrogens (tertiary/aromatic N) is 5. The Morgan fingerprint density at radius 3 is 2.59 bits per heavy atom. The van der Waals surface area contributed by atoms with Crippen LogP contribution in [0.3, 0.4) is 0 Å². The van der Waals surface area contributed by atoms with E-state index in [1.54, 1.807) is 31.8 Å². The molecule has 2 aromatic rings. The summed E-state index contributed by atoms with van der Waals surface area (Å²) < 4.78 is 5.12. The number of likely N-dealkylation sites (tertiary alicyclic amines) is 1. The number of aromatic nitrogens is 3. The van der Waals surface area contributed by atoms with Crippen LogP contribution in [0.5, 0.6) is 5.88 Å². The summed E-state index contributed by atoms with van der Waals surface area (Å²) in [6, 6.07) is 5.58. The number of methoxy groups -OCH3 is 1. The summed E-state index contributed by atoms with van der Waals surface area (Å²) in [5.41, 5.74) is 1.73. The van der Waals surface area contributed by atoms with Gasteiger partial charge in [-0.2, -0.15) is 0 Å². The Balaban J connectivity index is 1.40. The summed E-state index contributed by atoms with van der Waals surface area (Å²) in [5.74, 6) is 1.92. The van der Waals surface area contributed by atoms with Gasteiger partial charge in [0.1, 0.15) is 12.1 Å². The lowest BCUT2D eigenvalue weighted by Crippen LogP contribution is -2.38. The smallest absolute Gasteiger partial charge is 0.254 e. The molecule has 7 nitrogen and oxygen atoms in total. The quantitative estimate of drug-likeness (QED) is 0.827. The van der Waals surface area contributed by atoms with Crippen LogP contribution in [-0.2, 0) is 0 Å². The van der Waals surface area contributed by atoms with Crippen LogP contribution in [0.1, 0.15) is 47.7 Å². The van der Waals surface area contributed by atoms with Crippen molar-refractivity contribution < 1.29 is 9.53 Å². The molecule has 0 bridgehead atoms. The van der Waals surface area contributed by atoms with Crippen LogP contribution in [0.15, 0.2) is 30.7 Å². The molecule has 0 saturated carbocycles. The number of ether oxygens (including phenoxy) is 1. The number of carbonyl (C=O) groups excluding carboxylic acids is 1. The predicted molar refractivity (Wildman–Crippen MR) is 102 cm³/mol. The fraction of sp³-hybridized carbons (Fsp3) is 0.500. The summed E-state index contributed by atoms with van der Waals surface area (Å²) in [4.78, 5) is 30.0. The van der Waals surface area contributed by atoms with Crippen molar-refractivity contribution in [1.82, 2.24) is 19.9 Å². The lowest BCUT2D eigenvalue weighted by molar-refractivity contribution is 0.0711. The molecule has 0 radical (unpaired) electrons. The second-order valence-corrected chi connectivity index (χ2v) is 7.15. The van der Waals surface area contributed by atoms with Crippen molar-refractivity contribution in [3.05, 3.63) is 42.0 Å². The fourth-order valence-corrected chi connectivity index (χ4v) is 3.92. The highest BCUT2D eigenvalue weighted by atomic mass is 16.5. The van der Waals surface area contributed by atoms with E-state index in [4.69, 9.17) is 4.74 Å². The molecule has 142 valence electrons. The second kappa shape index (κ2) is 7.90. The van der Waals surface area contributed by atoms with Crippen molar-refractivity contribution in [2.75, 3.05) is 38.2 Å². The third-order valence-electron chi connectivity index (χ3n) is 5.50. The maximum absolute atomic E-state index is 12.7. The van der Waals surface area contributed by atoms with E-state index in [2.05, 4.69) is 25.9 Å². The third-order valence-corrected chi connectivity index (χ3v) is 5.50. The number of carbonyl (C=O) groups is 1. The number of amides is 1. The molecule has 2 aromatic heterocycles. The molecule has 0 N–H and O–H groups in total. The van der Waals surface area contributed by atoms with E-state index in [9.17, 15) is 4.79 Å². The van der Waals surface area contributed by atoms with E-state index in [0.717, 1.165) is 50.5 Å². The highest BCUT2D eigenvalue weighted by Crippen LogP contribution is 2.29. The molecule has 2 aliphatic rings. The standard InChI is InChI=1S/C20H25N5O2/c1-27-19-12-16(4-7-21-19)20(26)25-10-5-15(6-11-25)17-13-18(23-14-22-17)24-8-2-3-9-24/h4,7,12-15H,2-3,5-6,8-11H2,1H3. The van der Waals surface area contributed by atoms with Gasteiger partial charge in [0.25, 0.3) is 5.91 Å². The first kappa shape index (κ1) is 17.7. The Kier molecular flexibility index (Phi) is 5.18. The summed E-state index contributed by atoms with van der Waals surface area (Å²) in [7, 11) is 1.56. The van der Waals surface area contributed by atoms with Gasteiger partial charge in [-0.3, -0.25) is 4.79 Å². The van der Waals surface area contributed by atoms with Crippen molar-refractivity contribution in [3.8, 4) is 5.88 Å². The third kappa shape index (κ3) is 3.86. The average Bonchev–Trinajstić information content (AvgIpc) is 3.28. The number of hydrogen-bond acceptors (Lipinski definition) is 6. The highest BCUT2D eigenvalue weighted by molar-refractivity contribution is 5.94. The van der Waals surface area contributed by atoms with Crippen molar-refractivity contribution >= 4 is 11.7 Å². The van der Waals surface area contributed by atoms with Crippen LogP contribution < -0.4 is 9.64 Å². The van der Waals surface area contributed by atoms with Gasteiger partial charge in [-0.25, -0.2) is 15.0 Å². The van der Waals surface area contributed by atoms with Crippen LogP contribution in [0.25, 0.3) is 0 Å². The highest BCUT2D eigenvalue weighted by Gasteiger charge is 2.26. The number of hydrogen-bond donors (Lipinski definition) is 0. The number of anilines is 1. The lowest BCUT2D eigenvalue weighted by atomic mass is 9.93. The van der Waals surface area contributed by atoms with Crippen LogP contribution in [0.2, 0.25) is 0 Å². The summed E-state index contributed by atoms with van der Waals surface area (Å²) >= 11 is 0. The zero-order valence-electron chi connectivity index (χ0n) is 15.7. The minimum Gasteiger partial charge on any atom is -0.481 e. The zero-order chi connectivity index (χ0) is 18.6. The maximum atomic E-state index is 12.7. The van der Waals surface area contributed by atoms with Gasteiger partial charge in [0, 0.05) is 61.7 Å². The van der Waals surface area contributed by atoms with E-state index in [1.807, 2.05) is 4.90 Å². The van der Waals surface area contributed by atoms with Gasteiger partial charge in [0.05, 0.1) is 7.11 Å². The first-order valence-corrected chi connectivity index (χ1v) is 9.61. The Morgan fingerprint density at radius 2 is 1.85 bits per heavy atom. The van der Waals surface area contributed by atoms with Gasteiger partial charge in [-0.05, 0) is 31.7 Å². The molecule has 27 heavy (non-hydrogen) atoms. The normalized spacial score (nSPS) is 18.0. The topological polar surface area (TPSA) is 71.5 Å². The minimum atomic E-state index is 0.0367. The Labute approximate surface area is 159 Å². The second-order valence-electron chi connectivity index (χ2n) is 7.15. The van der Waals surface area contributed by atoms with Crippen molar-refractivity contribution in [2.45, 2.75) is 31.6 Å². The van der Waals surface area contributed by atoms with E-state index in [-0.39, 0.29) is 5.91 Å². The first-order chi connectivity index (χ1) is 13.2. The Hall–Kier alpha value is -2.70. The van der Waals surface area contributed by atoms with Crippen molar-refractivity contribution in [3.63, 3.8) is 0 Å². The monoisotopic (exact) mass is 367 g/mol. The number of pyridine rings is 1. The van der Waals surface area contributed by atoms with Gasteiger partial charge in [0.2, 0.25) is 5.88 Å². The molecule has 4 rings (SSSR count). The van der Waals surface area contributed by atoms with Crippen LogP contribution >= 0.6 is 0 Å². The lowest BCUT2D eigenvalue weighted by Gasteiger charge is -2.32. The molecule has 2 saturated heterocycles. The number of piperidine rings is 1. The fourth-order valence-electron chi connectivity index (χ4n) is 3.92. The number of rotatable bonds is 4. The molecule has 1 amide bonds. The first-order valence-electron chi connectivity index (χ1n) is 9.61. The van der Waals surface area contributed by atoms with Crippen LogP contribution in [-0.4, -0.2) is 59.0 Å². The molecule has 0 aromatic carbocycles. The zero-order valence-corrected chi connectivity index (χ0v) is 15.7. The van der Waals surface area contributed by atoms with E-state index >= 15 is 0 Å². The molecule has 2 fully saturated rings.